The summed E-state index contributed by atoms with van der Waals surface area (Å²) >= 11 is 0. The van der Waals surface area contributed by atoms with Crippen LogP contribution in [0.2, 0.25) is 0 Å². The third-order valence-corrected chi connectivity index (χ3v) is 4.26. The molecule has 1 aromatic rings. The van der Waals surface area contributed by atoms with Crippen LogP contribution >= 0.6 is 0 Å². The van der Waals surface area contributed by atoms with Crippen molar-refractivity contribution in [3.63, 3.8) is 0 Å². The van der Waals surface area contributed by atoms with Crippen molar-refractivity contribution in [3.8, 4) is 0 Å². The smallest absolute Gasteiger partial charge is 0.248 e. The Bertz CT molecular complexity index is 530. The lowest BCUT2D eigenvalue weighted by Crippen LogP contribution is -2.35. The van der Waals surface area contributed by atoms with E-state index in [1.807, 2.05) is 0 Å². The number of nitrogens with two attached hydrogens (primary N) is 1. The van der Waals surface area contributed by atoms with Crippen LogP contribution in [-0.4, -0.2) is 36.1 Å². The lowest BCUT2D eigenvalue weighted by molar-refractivity contribution is -0.116. The van der Waals surface area contributed by atoms with Crippen molar-refractivity contribution >= 4 is 17.5 Å². The third-order valence-electron chi connectivity index (χ3n) is 4.26. The van der Waals surface area contributed by atoms with Crippen molar-refractivity contribution in [2.75, 3.05) is 18.4 Å². The molecule has 1 saturated carbocycles. The highest BCUT2D eigenvalue weighted by Gasteiger charge is 2.22. The molecule has 0 bridgehead atoms. The number of rotatable bonds is 7. The summed E-state index contributed by atoms with van der Waals surface area (Å²) in [5.74, 6) is -0.279. The molecule has 2 atom stereocenters. The Kier molecular flexibility index (Phi) is 6.55. The fraction of sp³-hybridized carbons (Fsp3) is 0.529. The second kappa shape index (κ2) is 8.64. The average Bonchev–Trinajstić information content (AvgIpc) is 2.53. The van der Waals surface area contributed by atoms with Gasteiger partial charge in [0.2, 0.25) is 11.8 Å². The van der Waals surface area contributed by atoms with Gasteiger partial charge < -0.3 is 21.5 Å². The molecule has 6 heteroatoms. The van der Waals surface area contributed by atoms with E-state index in [1.165, 1.54) is 6.42 Å². The Morgan fingerprint density at radius 3 is 2.52 bits per heavy atom. The molecule has 0 aliphatic heterocycles. The van der Waals surface area contributed by atoms with E-state index in [0.717, 1.165) is 25.8 Å². The second-order valence-electron chi connectivity index (χ2n) is 6.06. The quantitative estimate of drug-likeness (QED) is 0.568. The SMILES string of the molecule is NC(=O)c1ccc(NC(=O)CCNC[C@@H]2CCCC[C@@H]2O)cc1. The van der Waals surface area contributed by atoms with Crippen LogP contribution in [0, 0.1) is 5.92 Å². The molecule has 1 aliphatic carbocycles. The van der Waals surface area contributed by atoms with Crippen molar-refractivity contribution in [1.29, 1.82) is 0 Å². The van der Waals surface area contributed by atoms with Gasteiger partial charge in [-0.3, -0.25) is 9.59 Å². The molecule has 0 saturated heterocycles. The minimum atomic E-state index is -0.489. The van der Waals surface area contributed by atoms with Crippen LogP contribution in [-0.2, 0) is 4.79 Å². The van der Waals surface area contributed by atoms with Gasteiger partial charge in [-0.1, -0.05) is 12.8 Å². The number of primary amides is 1. The fourth-order valence-electron chi connectivity index (χ4n) is 2.86. The molecule has 5 N–H and O–H groups in total. The number of carbonyl (C=O) groups excluding carboxylic acids is 2. The molecular formula is C17H25N3O3. The zero-order valence-electron chi connectivity index (χ0n) is 13.3. The molecule has 1 fully saturated rings. The predicted octanol–water partition coefficient (Wildman–Crippen LogP) is 1.25. The number of hydrogen-bond acceptors (Lipinski definition) is 4. The highest BCUT2D eigenvalue weighted by atomic mass is 16.3. The monoisotopic (exact) mass is 319 g/mol. The largest absolute Gasteiger partial charge is 0.393 e. The minimum Gasteiger partial charge on any atom is -0.393 e. The number of aliphatic hydroxyl groups is 1. The van der Waals surface area contributed by atoms with Gasteiger partial charge in [0, 0.05) is 30.8 Å². The summed E-state index contributed by atoms with van der Waals surface area (Å²) in [5, 5.41) is 15.9. The molecule has 1 aliphatic rings. The first-order valence-corrected chi connectivity index (χ1v) is 8.15. The molecule has 2 rings (SSSR count). The summed E-state index contributed by atoms with van der Waals surface area (Å²) in [6.07, 6.45) is 4.36. The highest BCUT2D eigenvalue weighted by molar-refractivity contribution is 5.94. The minimum absolute atomic E-state index is 0.0893. The van der Waals surface area contributed by atoms with Crippen LogP contribution in [0.1, 0.15) is 42.5 Å². The summed E-state index contributed by atoms with van der Waals surface area (Å²) in [6, 6.07) is 6.48. The van der Waals surface area contributed by atoms with Crippen molar-refractivity contribution in [2.45, 2.75) is 38.2 Å². The van der Waals surface area contributed by atoms with Gasteiger partial charge in [0.25, 0.3) is 0 Å². The zero-order valence-corrected chi connectivity index (χ0v) is 13.3. The van der Waals surface area contributed by atoms with Gasteiger partial charge in [0.1, 0.15) is 0 Å². The van der Waals surface area contributed by atoms with Crippen LogP contribution < -0.4 is 16.4 Å². The molecule has 23 heavy (non-hydrogen) atoms. The summed E-state index contributed by atoms with van der Waals surface area (Å²) in [4.78, 5) is 22.8. The maximum atomic E-state index is 11.9. The van der Waals surface area contributed by atoms with Gasteiger partial charge in [0.05, 0.1) is 6.10 Å². The lowest BCUT2D eigenvalue weighted by Gasteiger charge is -2.27. The van der Waals surface area contributed by atoms with E-state index in [-0.39, 0.29) is 12.0 Å². The molecule has 2 amide bonds. The topological polar surface area (TPSA) is 104 Å². The summed E-state index contributed by atoms with van der Waals surface area (Å²) in [7, 11) is 0. The zero-order chi connectivity index (χ0) is 16.7. The number of benzene rings is 1. The van der Waals surface area contributed by atoms with Gasteiger partial charge in [-0.25, -0.2) is 0 Å². The van der Waals surface area contributed by atoms with Crippen molar-refractivity contribution < 1.29 is 14.7 Å². The number of carbonyl (C=O) groups is 2. The van der Waals surface area contributed by atoms with Gasteiger partial charge in [-0.2, -0.15) is 0 Å². The van der Waals surface area contributed by atoms with E-state index in [2.05, 4.69) is 10.6 Å². The second-order valence-corrected chi connectivity index (χ2v) is 6.06. The van der Waals surface area contributed by atoms with Crippen molar-refractivity contribution in [1.82, 2.24) is 5.32 Å². The molecule has 0 unspecified atom stereocenters. The van der Waals surface area contributed by atoms with E-state index in [1.54, 1.807) is 24.3 Å². The van der Waals surface area contributed by atoms with Crippen LogP contribution in [0.15, 0.2) is 24.3 Å². The maximum absolute atomic E-state index is 11.9. The Balaban J connectivity index is 1.65. The van der Waals surface area contributed by atoms with Crippen LogP contribution in [0.5, 0.6) is 0 Å². The molecule has 1 aromatic carbocycles. The molecule has 126 valence electrons. The average molecular weight is 319 g/mol. The summed E-state index contributed by atoms with van der Waals surface area (Å²) in [5.41, 5.74) is 6.22. The molecule has 6 nitrogen and oxygen atoms in total. The van der Waals surface area contributed by atoms with Crippen LogP contribution in [0.4, 0.5) is 5.69 Å². The highest BCUT2D eigenvalue weighted by Crippen LogP contribution is 2.23. The first-order valence-electron chi connectivity index (χ1n) is 8.15. The Morgan fingerprint density at radius 2 is 1.87 bits per heavy atom. The van der Waals surface area contributed by atoms with E-state index in [0.29, 0.717) is 30.1 Å². The predicted molar refractivity (Wildman–Crippen MR) is 89.0 cm³/mol. The van der Waals surface area contributed by atoms with Gasteiger partial charge in [-0.05, 0) is 43.0 Å². The van der Waals surface area contributed by atoms with Crippen LogP contribution in [0.3, 0.4) is 0 Å². The molecule has 0 heterocycles. The fourth-order valence-corrected chi connectivity index (χ4v) is 2.86. The molecule has 0 aromatic heterocycles. The molecule has 0 spiro atoms. The Morgan fingerprint density at radius 1 is 1.17 bits per heavy atom. The van der Waals surface area contributed by atoms with Gasteiger partial charge in [-0.15, -0.1) is 0 Å². The molecular weight excluding hydrogens is 294 g/mol. The number of aliphatic hydroxyl groups excluding tert-OH is 1. The number of amides is 2. The van der Waals surface area contributed by atoms with Crippen LogP contribution in [0.25, 0.3) is 0 Å². The first-order chi connectivity index (χ1) is 11.1. The Labute approximate surface area is 136 Å². The lowest BCUT2D eigenvalue weighted by atomic mass is 9.86. The summed E-state index contributed by atoms with van der Waals surface area (Å²) < 4.78 is 0. The van der Waals surface area contributed by atoms with E-state index >= 15 is 0 Å². The number of nitrogens with one attached hydrogen (secondary N) is 2. The van der Waals surface area contributed by atoms with Gasteiger partial charge >= 0.3 is 0 Å². The van der Waals surface area contributed by atoms with Gasteiger partial charge in [0.15, 0.2) is 0 Å². The van der Waals surface area contributed by atoms with Crippen molar-refractivity contribution in [3.05, 3.63) is 29.8 Å². The van der Waals surface area contributed by atoms with Crippen molar-refractivity contribution in [2.24, 2.45) is 11.7 Å². The van der Waals surface area contributed by atoms with E-state index in [4.69, 9.17) is 5.73 Å². The third kappa shape index (κ3) is 5.65. The van der Waals surface area contributed by atoms with E-state index < -0.39 is 5.91 Å². The maximum Gasteiger partial charge on any atom is 0.248 e. The molecule has 0 radical (unpaired) electrons. The van der Waals surface area contributed by atoms with E-state index in [9.17, 15) is 14.7 Å². The Hall–Kier alpha value is -1.92. The number of anilines is 1. The summed E-state index contributed by atoms with van der Waals surface area (Å²) in [6.45, 7) is 1.33. The standard InChI is InChI=1S/C17H25N3O3/c18-17(23)12-5-7-14(8-6-12)20-16(22)9-10-19-11-13-3-1-2-4-15(13)21/h5-8,13,15,19,21H,1-4,9-11H2,(H2,18,23)(H,20,22)/t13-,15-/m0/s1. The normalized spacial score (nSPS) is 20.9. The first kappa shape index (κ1) is 17.4. The number of hydrogen-bond donors (Lipinski definition) is 4.